The van der Waals surface area contributed by atoms with Gasteiger partial charge in [-0.25, -0.2) is 0 Å². The third kappa shape index (κ3) is 6.56. The fraction of sp³-hybridized carbons (Fsp3) is 0.355. The maximum atomic E-state index is 14.8. The summed E-state index contributed by atoms with van der Waals surface area (Å²) in [6, 6.07) is 10.1. The third-order valence-corrected chi connectivity index (χ3v) is 13.9. The van der Waals surface area contributed by atoms with Gasteiger partial charge >= 0.3 is 264 Å². The van der Waals surface area contributed by atoms with Crippen LogP contribution >= 0.6 is 11.6 Å². The van der Waals surface area contributed by atoms with Gasteiger partial charge in [-0.3, -0.25) is 0 Å². The number of hydrogen-bond acceptors (Lipinski definition) is 6. The molecule has 1 saturated heterocycles. The topological polar surface area (TPSA) is 119 Å². The van der Waals surface area contributed by atoms with E-state index >= 15 is 0 Å². The standard InChI is InChI=1S/C28H22ClF2N6O3.3CH3.Sn/c29-21-6-2-1-5-20(21)25(26(39)35-18-13-28(30,31)14-18)36(19-4-3-10-33-16-19)27(40)22-7-8-24(38)37(22)23-12-17(15-32)9-11-34-23;;;;/h1-2,4-6,9-12,16,18,22,25H,7-8,13-14H2,(H,35,39);3*1H3;/t22-,25?;;;;/m0..../s1. The van der Waals surface area contributed by atoms with Crippen molar-refractivity contribution < 1.29 is 23.2 Å². The van der Waals surface area contributed by atoms with Gasteiger partial charge in [-0.2, -0.15) is 0 Å². The number of benzene rings is 1. The number of halogens is 3. The van der Waals surface area contributed by atoms with Crippen molar-refractivity contribution >= 4 is 62.8 Å². The van der Waals surface area contributed by atoms with Crippen LogP contribution in [0.4, 0.5) is 20.3 Å². The number of nitrogens with one attached hydrogen (secondary N) is 1. The Labute approximate surface area is 263 Å². The zero-order valence-electron chi connectivity index (χ0n) is 24.4. The van der Waals surface area contributed by atoms with Gasteiger partial charge in [0.05, 0.1) is 0 Å². The first-order valence-corrected chi connectivity index (χ1v) is 24.6. The number of carbonyl (C=O) groups excluding carboxylic acids is 3. The van der Waals surface area contributed by atoms with Gasteiger partial charge < -0.3 is 0 Å². The van der Waals surface area contributed by atoms with Crippen LogP contribution in [0.3, 0.4) is 0 Å². The second-order valence-electron chi connectivity index (χ2n) is 12.1. The molecule has 2 aromatic heterocycles. The van der Waals surface area contributed by atoms with Gasteiger partial charge in [-0.15, -0.1) is 0 Å². The summed E-state index contributed by atoms with van der Waals surface area (Å²) < 4.78 is 28.4. The van der Waals surface area contributed by atoms with Crippen LogP contribution in [0.25, 0.3) is 0 Å². The van der Waals surface area contributed by atoms with Crippen molar-refractivity contribution in [1.82, 2.24) is 15.3 Å². The Morgan fingerprint density at radius 1 is 1.18 bits per heavy atom. The first kappa shape index (κ1) is 31.8. The van der Waals surface area contributed by atoms with Gasteiger partial charge in [0.1, 0.15) is 0 Å². The minimum absolute atomic E-state index is 0.0412. The summed E-state index contributed by atoms with van der Waals surface area (Å²) in [4.78, 5) is 59.8. The molecule has 3 amide bonds. The van der Waals surface area contributed by atoms with Crippen LogP contribution in [0.2, 0.25) is 19.8 Å². The molecule has 1 aliphatic heterocycles. The molecule has 0 spiro atoms. The number of rotatable bonds is 8. The van der Waals surface area contributed by atoms with Crippen molar-refractivity contribution in [2.75, 3.05) is 9.80 Å². The van der Waals surface area contributed by atoms with E-state index in [9.17, 15) is 28.4 Å². The normalized spacial score (nSPS) is 18.7. The van der Waals surface area contributed by atoms with Crippen LogP contribution in [-0.2, 0) is 14.4 Å². The summed E-state index contributed by atoms with van der Waals surface area (Å²) in [6.07, 6.45) is 3.77. The Morgan fingerprint density at radius 2 is 1.91 bits per heavy atom. The molecule has 9 nitrogen and oxygen atoms in total. The number of nitrogens with zero attached hydrogens (tertiary/aromatic N) is 5. The number of pyridine rings is 2. The van der Waals surface area contributed by atoms with Gasteiger partial charge in [-0.1, -0.05) is 0 Å². The molecule has 3 heterocycles. The quantitative estimate of drug-likeness (QED) is 0.336. The number of nitriles is 1. The Morgan fingerprint density at radius 3 is 2.57 bits per heavy atom. The molecule has 1 aliphatic carbocycles. The van der Waals surface area contributed by atoms with Crippen molar-refractivity contribution in [1.29, 1.82) is 5.26 Å². The zero-order valence-corrected chi connectivity index (χ0v) is 28.0. The molecular formula is C31H31ClF2N6O3Sn. The van der Waals surface area contributed by atoms with Crippen LogP contribution in [0.15, 0.2) is 61.1 Å². The SMILES string of the molecule is [CH3][Sn]([CH3])([CH3])[c]1cncc(N(C(=O)[C@@H]2CCC(=O)N2c2cc(C#N)ccn2)C(C(=O)NC2CC(F)(F)C2)c2ccccc2Cl)c1. The van der Waals surface area contributed by atoms with Crippen molar-refractivity contribution in [3.05, 3.63) is 77.2 Å². The van der Waals surface area contributed by atoms with E-state index in [1.165, 1.54) is 34.3 Å². The van der Waals surface area contributed by atoms with E-state index in [-0.39, 0.29) is 40.7 Å². The van der Waals surface area contributed by atoms with Crippen molar-refractivity contribution in [3.8, 4) is 6.07 Å². The molecule has 2 fully saturated rings. The van der Waals surface area contributed by atoms with Gasteiger partial charge in [-0.05, 0) is 0 Å². The van der Waals surface area contributed by atoms with E-state index in [0.717, 1.165) is 3.58 Å². The fourth-order valence-electron chi connectivity index (χ4n) is 5.50. The monoisotopic (exact) mass is 728 g/mol. The first-order valence-electron chi connectivity index (χ1n) is 14.2. The van der Waals surface area contributed by atoms with Crippen LogP contribution in [-0.4, -0.2) is 64.1 Å². The Balaban J connectivity index is 1.65. The molecule has 2 atom stereocenters. The zero-order chi connectivity index (χ0) is 31.8. The summed E-state index contributed by atoms with van der Waals surface area (Å²) in [6.45, 7) is 0. The van der Waals surface area contributed by atoms with Crippen molar-refractivity contribution in [2.24, 2.45) is 0 Å². The van der Waals surface area contributed by atoms with Gasteiger partial charge in [0.2, 0.25) is 0 Å². The van der Waals surface area contributed by atoms with Crippen LogP contribution in [0.1, 0.15) is 42.9 Å². The minimum atomic E-state index is -2.87. The van der Waals surface area contributed by atoms with Crippen molar-refractivity contribution in [2.45, 2.75) is 64.6 Å². The van der Waals surface area contributed by atoms with E-state index in [4.69, 9.17) is 11.6 Å². The van der Waals surface area contributed by atoms with Crippen LogP contribution < -0.4 is 18.7 Å². The van der Waals surface area contributed by atoms with E-state index < -0.39 is 67.1 Å². The number of alkyl halides is 2. The van der Waals surface area contributed by atoms with Gasteiger partial charge in [0, 0.05) is 0 Å². The van der Waals surface area contributed by atoms with Gasteiger partial charge in [0.15, 0.2) is 0 Å². The molecule has 0 radical (unpaired) electrons. The van der Waals surface area contributed by atoms with Gasteiger partial charge in [0.25, 0.3) is 0 Å². The Bertz CT molecular complexity index is 1650. The number of aromatic nitrogens is 2. The van der Waals surface area contributed by atoms with E-state index in [2.05, 4.69) is 30.1 Å². The molecule has 44 heavy (non-hydrogen) atoms. The second-order valence-corrected chi connectivity index (χ2v) is 27.0. The summed E-state index contributed by atoms with van der Waals surface area (Å²) in [5.41, 5.74) is 0.866. The summed E-state index contributed by atoms with van der Waals surface area (Å²) >= 11 is 3.84. The number of anilines is 2. The predicted octanol–water partition coefficient (Wildman–Crippen LogP) is 4.73. The summed E-state index contributed by atoms with van der Waals surface area (Å²) in [5.74, 6) is -4.38. The first-order chi connectivity index (χ1) is 20.8. The molecule has 5 rings (SSSR count). The molecule has 13 heteroatoms. The number of amides is 3. The Hall–Kier alpha value is -3.63. The van der Waals surface area contributed by atoms with Crippen molar-refractivity contribution in [3.63, 3.8) is 0 Å². The second kappa shape index (κ2) is 12.4. The number of carbonyl (C=O) groups is 3. The molecule has 228 valence electrons. The maximum absolute atomic E-state index is 14.8. The summed E-state index contributed by atoms with van der Waals surface area (Å²) in [5, 5.41) is 12.3. The summed E-state index contributed by atoms with van der Waals surface area (Å²) in [7, 11) is 0. The average Bonchev–Trinajstić information content (AvgIpc) is 3.36. The fourth-order valence-corrected chi connectivity index (χ4v) is 8.71. The molecule has 0 bridgehead atoms. The van der Waals surface area contributed by atoms with E-state index in [1.54, 1.807) is 30.5 Å². The van der Waals surface area contributed by atoms with Crippen LogP contribution in [0, 0.1) is 11.3 Å². The van der Waals surface area contributed by atoms with Crippen LogP contribution in [0.5, 0.6) is 0 Å². The van der Waals surface area contributed by atoms with E-state index in [1.807, 2.05) is 12.1 Å². The predicted molar refractivity (Wildman–Crippen MR) is 164 cm³/mol. The molecule has 1 N–H and O–H groups in total. The molecule has 1 saturated carbocycles. The molecule has 1 unspecified atom stereocenters. The molecule has 2 aliphatic rings. The molecule has 1 aromatic carbocycles. The number of hydrogen-bond donors (Lipinski definition) is 1. The van der Waals surface area contributed by atoms with E-state index in [0.29, 0.717) is 5.69 Å². The Kier molecular flexibility index (Phi) is 8.96. The average molecular weight is 728 g/mol. The third-order valence-electron chi connectivity index (χ3n) is 7.87. The molecule has 3 aromatic rings. The molecular weight excluding hydrogens is 697 g/mol.